The molecule has 0 saturated carbocycles. The maximum absolute atomic E-state index is 12.9. The van der Waals surface area contributed by atoms with Crippen molar-refractivity contribution in [1.29, 1.82) is 0 Å². The highest BCUT2D eigenvalue weighted by Gasteiger charge is 2.07. The molecule has 0 aliphatic rings. The summed E-state index contributed by atoms with van der Waals surface area (Å²) in [6.45, 7) is 0.449. The summed E-state index contributed by atoms with van der Waals surface area (Å²) in [5, 5.41) is 2.47. The molecule has 2 amide bonds. The molecule has 0 fully saturated rings. The van der Waals surface area contributed by atoms with Gasteiger partial charge >= 0.3 is 6.03 Å². The smallest absolute Gasteiger partial charge is 0.316 e. The summed E-state index contributed by atoms with van der Waals surface area (Å²) in [5.41, 5.74) is 0.662. The number of carbonyl (C=O) groups is 1. The third-order valence-electron chi connectivity index (χ3n) is 2.28. The highest BCUT2D eigenvalue weighted by atomic mass is 19.2. The number of amides is 2. The Balaban J connectivity index is 2.55. The van der Waals surface area contributed by atoms with E-state index in [1.54, 1.807) is 7.05 Å². The Morgan fingerprint density at radius 3 is 2.62 bits per heavy atom. The van der Waals surface area contributed by atoms with Gasteiger partial charge in [0.25, 0.3) is 0 Å². The summed E-state index contributed by atoms with van der Waals surface area (Å²) in [7, 11) is 3.18. The maximum atomic E-state index is 12.9. The topological polar surface area (TPSA) is 32.3 Å². The molecule has 0 atom stereocenters. The summed E-state index contributed by atoms with van der Waals surface area (Å²) in [6, 6.07) is 3.54. The molecule has 1 rings (SSSR count). The second-order valence-corrected chi connectivity index (χ2v) is 3.48. The zero-order chi connectivity index (χ0) is 12.1. The van der Waals surface area contributed by atoms with Crippen molar-refractivity contribution in [2.45, 2.75) is 6.42 Å². The molecule has 16 heavy (non-hydrogen) atoms. The van der Waals surface area contributed by atoms with E-state index in [1.807, 2.05) is 0 Å². The van der Waals surface area contributed by atoms with Crippen LogP contribution in [0.3, 0.4) is 0 Å². The third-order valence-corrected chi connectivity index (χ3v) is 2.28. The van der Waals surface area contributed by atoms with Gasteiger partial charge in [-0.25, -0.2) is 13.6 Å². The van der Waals surface area contributed by atoms with E-state index in [1.165, 1.54) is 18.0 Å². The molecule has 0 aliphatic heterocycles. The van der Waals surface area contributed by atoms with E-state index in [4.69, 9.17) is 0 Å². The van der Waals surface area contributed by atoms with Gasteiger partial charge in [-0.2, -0.15) is 0 Å². The van der Waals surface area contributed by atoms with Crippen LogP contribution in [0.4, 0.5) is 13.6 Å². The molecule has 0 aliphatic carbocycles. The van der Waals surface area contributed by atoms with E-state index >= 15 is 0 Å². The van der Waals surface area contributed by atoms with Gasteiger partial charge in [0.15, 0.2) is 11.6 Å². The van der Waals surface area contributed by atoms with E-state index in [9.17, 15) is 13.6 Å². The fourth-order valence-electron chi connectivity index (χ4n) is 1.28. The number of halogens is 2. The van der Waals surface area contributed by atoms with Crippen LogP contribution in [0.1, 0.15) is 5.56 Å². The molecular formula is C11H14F2N2O. The van der Waals surface area contributed by atoms with Crippen LogP contribution in [0.25, 0.3) is 0 Å². The van der Waals surface area contributed by atoms with Crippen molar-refractivity contribution in [3.8, 4) is 0 Å². The normalized spacial score (nSPS) is 10.0. The summed E-state index contributed by atoms with van der Waals surface area (Å²) < 4.78 is 25.5. The number of likely N-dealkylation sites (N-methyl/N-ethyl adjacent to an activating group) is 1. The number of rotatable bonds is 3. The number of nitrogens with one attached hydrogen (secondary N) is 1. The van der Waals surface area contributed by atoms with Crippen molar-refractivity contribution in [2.75, 3.05) is 20.6 Å². The highest BCUT2D eigenvalue weighted by molar-refractivity contribution is 5.73. The minimum absolute atomic E-state index is 0.206. The number of hydrogen-bond acceptors (Lipinski definition) is 1. The van der Waals surface area contributed by atoms with Crippen molar-refractivity contribution in [2.24, 2.45) is 0 Å². The predicted molar refractivity (Wildman–Crippen MR) is 57.1 cm³/mol. The Morgan fingerprint density at radius 2 is 2.06 bits per heavy atom. The van der Waals surface area contributed by atoms with Gasteiger partial charge in [-0.1, -0.05) is 6.07 Å². The quantitative estimate of drug-likeness (QED) is 0.840. The molecule has 0 aromatic heterocycles. The molecule has 5 heteroatoms. The van der Waals surface area contributed by atoms with E-state index in [-0.39, 0.29) is 6.03 Å². The van der Waals surface area contributed by atoms with E-state index < -0.39 is 11.6 Å². The number of hydrogen-bond donors (Lipinski definition) is 1. The molecule has 88 valence electrons. The first kappa shape index (κ1) is 12.4. The van der Waals surface area contributed by atoms with Crippen LogP contribution in [0.15, 0.2) is 18.2 Å². The molecule has 3 nitrogen and oxygen atoms in total. The molecule has 0 heterocycles. The maximum Gasteiger partial charge on any atom is 0.316 e. The van der Waals surface area contributed by atoms with Gasteiger partial charge in [-0.05, 0) is 24.1 Å². The Hall–Kier alpha value is -1.65. The zero-order valence-electron chi connectivity index (χ0n) is 9.26. The highest BCUT2D eigenvalue weighted by Crippen LogP contribution is 2.09. The van der Waals surface area contributed by atoms with Crippen molar-refractivity contribution < 1.29 is 13.6 Å². The molecular weight excluding hydrogens is 214 g/mol. The van der Waals surface area contributed by atoms with Crippen molar-refractivity contribution in [3.63, 3.8) is 0 Å². The standard InChI is InChI=1S/C11H14F2N2O/c1-14-11(16)15(2)6-5-8-3-4-9(12)10(13)7-8/h3-4,7H,5-6H2,1-2H3,(H,14,16). The van der Waals surface area contributed by atoms with Crippen LogP contribution < -0.4 is 5.32 Å². The molecule has 0 saturated heterocycles. The lowest BCUT2D eigenvalue weighted by molar-refractivity contribution is 0.211. The summed E-state index contributed by atoms with van der Waals surface area (Å²) in [5.74, 6) is -1.72. The first-order chi connectivity index (χ1) is 7.54. The molecule has 0 bridgehead atoms. The molecule has 1 N–H and O–H groups in total. The van der Waals surface area contributed by atoms with Gasteiger partial charge in [0, 0.05) is 20.6 Å². The minimum atomic E-state index is -0.861. The van der Waals surface area contributed by atoms with Crippen LogP contribution in [0.5, 0.6) is 0 Å². The van der Waals surface area contributed by atoms with E-state index in [0.717, 1.165) is 12.1 Å². The molecule has 1 aromatic carbocycles. The third kappa shape index (κ3) is 3.18. The number of urea groups is 1. The predicted octanol–water partition coefficient (Wildman–Crippen LogP) is 1.78. The average Bonchev–Trinajstić information content (AvgIpc) is 2.29. The second kappa shape index (κ2) is 5.44. The van der Waals surface area contributed by atoms with Gasteiger partial charge < -0.3 is 10.2 Å². The van der Waals surface area contributed by atoms with E-state index in [0.29, 0.717) is 18.5 Å². The summed E-state index contributed by atoms with van der Waals surface area (Å²) >= 11 is 0. The first-order valence-corrected chi connectivity index (χ1v) is 4.91. The largest absolute Gasteiger partial charge is 0.341 e. The number of nitrogens with zero attached hydrogens (tertiary/aromatic N) is 1. The Morgan fingerprint density at radius 1 is 1.38 bits per heavy atom. The average molecular weight is 228 g/mol. The van der Waals surface area contributed by atoms with Crippen LogP contribution in [-0.2, 0) is 6.42 Å². The SMILES string of the molecule is CNC(=O)N(C)CCc1ccc(F)c(F)c1. The van der Waals surface area contributed by atoms with Crippen molar-refractivity contribution >= 4 is 6.03 Å². The van der Waals surface area contributed by atoms with Gasteiger partial charge in [0.1, 0.15) is 0 Å². The zero-order valence-corrected chi connectivity index (χ0v) is 9.26. The Kier molecular flexibility index (Phi) is 4.22. The molecule has 0 spiro atoms. The number of benzene rings is 1. The fourth-order valence-corrected chi connectivity index (χ4v) is 1.28. The Labute approximate surface area is 93.1 Å². The number of carbonyl (C=O) groups excluding carboxylic acids is 1. The van der Waals surface area contributed by atoms with E-state index in [2.05, 4.69) is 5.32 Å². The first-order valence-electron chi connectivity index (χ1n) is 4.91. The van der Waals surface area contributed by atoms with Crippen LogP contribution in [-0.4, -0.2) is 31.6 Å². The van der Waals surface area contributed by atoms with Crippen LogP contribution in [0, 0.1) is 11.6 Å². The van der Waals surface area contributed by atoms with Gasteiger partial charge in [-0.3, -0.25) is 0 Å². The van der Waals surface area contributed by atoms with Crippen LogP contribution >= 0.6 is 0 Å². The fraction of sp³-hybridized carbons (Fsp3) is 0.364. The lowest BCUT2D eigenvalue weighted by Gasteiger charge is -2.16. The molecule has 0 unspecified atom stereocenters. The Bertz CT molecular complexity index is 382. The summed E-state index contributed by atoms with van der Waals surface area (Å²) in [4.78, 5) is 12.6. The summed E-state index contributed by atoms with van der Waals surface area (Å²) in [6.07, 6.45) is 0.487. The van der Waals surface area contributed by atoms with Gasteiger partial charge in [0.2, 0.25) is 0 Å². The lowest BCUT2D eigenvalue weighted by Crippen LogP contribution is -2.36. The minimum Gasteiger partial charge on any atom is -0.341 e. The molecule has 0 radical (unpaired) electrons. The van der Waals surface area contributed by atoms with Gasteiger partial charge in [-0.15, -0.1) is 0 Å². The lowest BCUT2D eigenvalue weighted by atomic mass is 10.1. The van der Waals surface area contributed by atoms with Crippen LogP contribution in [0.2, 0.25) is 0 Å². The van der Waals surface area contributed by atoms with Crippen molar-refractivity contribution in [1.82, 2.24) is 10.2 Å². The van der Waals surface area contributed by atoms with Gasteiger partial charge in [0.05, 0.1) is 0 Å². The second-order valence-electron chi connectivity index (χ2n) is 3.48. The molecule has 1 aromatic rings. The van der Waals surface area contributed by atoms with Crippen molar-refractivity contribution in [3.05, 3.63) is 35.4 Å². The monoisotopic (exact) mass is 228 g/mol.